The van der Waals surface area contributed by atoms with Gasteiger partial charge >= 0.3 is 0 Å². The summed E-state index contributed by atoms with van der Waals surface area (Å²) < 4.78 is 0. The van der Waals surface area contributed by atoms with Crippen molar-refractivity contribution in [1.29, 1.82) is 0 Å². The van der Waals surface area contributed by atoms with Gasteiger partial charge in [0.1, 0.15) is 12.1 Å². The van der Waals surface area contributed by atoms with Gasteiger partial charge in [0.25, 0.3) is 5.91 Å². The van der Waals surface area contributed by atoms with Crippen LogP contribution in [0.15, 0.2) is 6.07 Å². The lowest BCUT2D eigenvalue weighted by Gasteiger charge is -2.40. The van der Waals surface area contributed by atoms with Gasteiger partial charge in [-0.1, -0.05) is 0 Å². The Hall–Kier alpha value is -2.02. The molecule has 1 fully saturated rings. The Morgan fingerprint density at radius 2 is 2.11 bits per heavy atom. The molecule has 0 bridgehead atoms. The van der Waals surface area contributed by atoms with Gasteiger partial charge in [0.15, 0.2) is 0 Å². The van der Waals surface area contributed by atoms with Gasteiger partial charge in [0.2, 0.25) is 11.9 Å². The lowest BCUT2D eigenvalue weighted by molar-refractivity contribution is -0.135. The predicted molar refractivity (Wildman–Crippen MR) is 69.2 cm³/mol. The molecule has 1 saturated heterocycles. The van der Waals surface area contributed by atoms with Crippen molar-refractivity contribution < 1.29 is 9.59 Å². The van der Waals surface area contributed by atoms with Crippen LogP contribution < -0.4 is 16.0 Å². The highest BCUT2D eigenvalue weighted by atomic mass is 16.2. The first-order valence-electron chi connectivity index (χ1n) is 6.01. The van der Waals surface area contributed by atoms with Crippen molar-refractivity contribution in [3.63, 3.8) is 0 Å². The van der Waals surface area contributed by atoms with E-state index < -0.39 is 5.54 Å². The minimum absolute atomic E-state index is 0.0478. The smallest absolute Gasteiger partial charge is 0.252 e. The number of amides is 2. The van der Waals surface area contributed by atoms with Crippen LogP contribution in [-0.4, -0.2) is 33.9 Å². The highest BCUT2D eigenvalue weighted by molar-refractivity contribution is 6.06. The third kappa shape index (κ3) is 2.41. The van der Waals surface area contributed by atoms with Gasteiger partial charge < -0.3 is 10.6 Å². The van der Waals surface area contributed by atoms with Crippen molar-refractivity contribution in [2.24, 2.45) is 5.73 Å². The molecule has 3 N–H and O–H groups in total. The molecule has 0 aliphatic carbocycles. The molecule has 0 unspecified atom stereocenters. The van der Waals surface area contributed by atoms with E-state index in [-0.39, 0.29) is 24.9 Å². The molecule has 0 saturated carbocycles. The number of carbonyl (C=O) groups is 2. The molecule has 1 aromatic rings. The average Bonchev–Trinajstić information content (AvgIpc) is 2.33. The topological polar surface area (TPSA) is 101 Å². The normalized spacial score (nSPS) is 18.4. The van der Waals surface area contributed by atoms with Crippen LogP contribution >= 0.6 is 0 Å². The SMILES string of the molecule is Cc1cc(CN)nc(N2CC(=O)NC(=O)C2(C)C)n1. The highest BCUT2D eigenvalue weighted by Crippen LogP contribution is 2.23. The van der Waals surface area contributed by atoms with E-state index >= 15 is 0 Å². The number of nitrogens with zero attached hydrogens (tertiary/aromatic N) is 3. The van der Waals surface area contributed by atoms with Gasteiger partial charge in [-0.3, -0.25) is 14.9 Å². The minimum atomic E-state index is -0.881. The Kier molecular flexibility index (Phi) is 3.23. The Bertz CT molecular complexity index is 541. The van der Waals surface area contributed by atoms with Gasteiger partial charge in [-0.2, -0.15) is 0 Å². The molecule has 0 atom stereocenters. The monoisotopic (exact) mass is 263 g/mol. The number of piperazine rings is 1. The number of aromatic nitrogens is 2. The number of anilines is 1. The fraction of sp³-hybridized carbons (Fsp3) is 0.500. The van der Waals surface area contributed by atoms with E-state index in [0.29, 0.717) is 11.6 Å². The zero-order chi connectivity index (χ0) is 14.2. The first-order chi connectivity index (χ1) is 8.84. The molecule has 19 heavy (non-hydrogen) atoms. The molecule has 102 valence electrons. The second kappa shape index (κ2) is 4.58. The van der Waals surface area contributed by atoms with E-state index in [1.54, 1.807) is 24.8 Å². The molecule has 1 aliphatic rings. The van der Waals surface area contributed by atoms with E-state index in [1.807, 2.05) is 6.92 Å². The molecule has 0 spiro atoms. The van der Waals surface area contributed by atoms with Crippen LogP contribution in [0, 0.1) is 6.92 Å². The summed E-state index contributed by atoms with van der Waals surface area (Å²) in [4.78, 5) is 33.6. The molecule has 2 rings (SSSR count). The first kappa shape index (κ1) is 13.4. The first-order valence-corrected chi connectivity index (χ1v) is 6.01. The van der Waals surface area contributed by atoms with Crippen LogP contribution in [0.4, 0.5) is 5.95 Å². The van der Waals surface area contributed by atoms with Crippen molar-refractivity contribution in [2.75, 3.05) is 11.4 Å². The fourth-order valence-corrected chi connectivity index (χ4v) is 1.95. The third-order valence-corrected chi connectivity index (χ3v) is 3.13. The lowest BCUT2D eigenvalue weighted by atomic mass is 9.99. The van der Waals surface area contributed by atoms with E-state index in [0.717, 1.165) is 5.69 Å². The van der Waals surface area contributed by atoms with Crippen molar-refractivity contribution in [3.8, 4) is 0 Å². The molecular weight excluding hydrogens is 246 g/mol. The average molecular weight is 263 g/mol. The van der Waals surface area contributed by atoms with Crippen LogP contribution in [0.5, 0.6) is 0 Å². The molecule has 0 aromatic carbocycles. The zero-order valence-corrected chi connectivity index (χ0v) is 11.2. The maximum Gasteiger partial charge on any atom is 0.252 e. The number of imide groups is 1. The summed E-state index contributed by atoms with van der Waals surface area (Å²) in [6, 6.07) is 1.78. The molecule has 0 radical (unpaired) electrons. The quantitative estimate of drug-likeness (QED) is 0.697. The van der Waals surface area contributed by atoms with E-state index in [2.05, 4.69) is 15.3 Å². The summed E-state index contributed by atoms with van der Waals surface area (Å²) in [7, 11) is 0. The summed E-state index contributed by atoms with van der Waals surface area (Å²) in [6.45, 7) is 5.60. The second-order valence-electron chi connectivity index (χ2n) is 5.03. The Labute approximate surface area is 111 Å². The molecule has 1 aromatic heterocycles. The molecule has 7 heteroatoms. The number of nitrogens with one attached hydrogen (secondary N) is 1. The van der Waals surface area contributed by atoms with Crippen LogP contribution in [0.1, 0.15) is 25.2 Å². The van der Waals surface area contributed by atoms with Gasteiger partial charge in [-0.25, -0.2) is 9.97 Å². The van der Waals surface area contributed by atoms with E-state index in [4.69, 9.17) is 5.73 Å². The van der Waals surface area contributed by atoms with Crippen LogP contribution in [0.2, 0.25) is 0 Å². The number of hydrogen-bond acceptors (Lipinski definition) is 6. The standard InChI is InChI=1S/C12H17N5O2/c1-7-4-8(5-13)15-11(14-7)17-6-9(18)16-10(19)12(17,2)3/h4H,5-6,13H2,1-3H3,(H,16,18,19). The largest absolute Gasteiger partial charge is 0.325 e. The maximum absolute atomic E-state index is 11.9. The maximum atomic E-state index is 11.9. The van der Waals surface area contributed by atoms with Crippen molar-refractivity contribution in [1.82, 2.24) is 15.3 Å². The molecule has 1 aliphatic heterocycles. The number of hydrogen-bond donors (Lipinski definition) is 2. The molecule has 2 heterocycles. The zero-order valence-electron chi connectivity index (χ0n) is 11.2. The summed E-state index contributed by atoms with van der Waals surface area (Å²) in [5.74, 6) is -0.361. The lowest BCUT2D eigenvalue weighted by Crippen LogP contribution is -2.64. The number of carbonyl (C=O) groups excluding carboxylic acids is 2. The Balaban J connectivity index is 2.46. The predicted octanol–water partition coefficient (Wildman–Crippen LogP) is -0.515. The van der Waals surface area contributed by atoms with Crippen LogP contribution in [-0.2, 0) is 16.1 Å². The fourth-order valence-electron chi connectivity index (χ4n) is 1.95. The van der Waals surface area contributed by atoms with E-state index in [1.165, 1.54) is 0 Å². The highest BCUT2D eigenvalue weighted by Gasteiger charge is 2.42. The van der Waals surface area contributed by atoms with Gasteiger partial charge in [-0.05, 0) is 26.8 Å². The van der Waals surface area contributed by atoms with Gasteiger partial charge in [0.05, 0.1) is 5.69 Å². The number of aryl methyl sites for hydroxylation is 1. The summed E-state index contributed by atoms with van der Waals surface area (Å²) in [6.07, 6.45) is 0. The summed E-state index contributed by atoms with van der Waals surface area (Å²) in [5, 5.41) is 2.31. The molecular formula is C12H17N5O2. The number of rotatable bonds is 2. The summed E-state index contributed by atoms with van der Waals surface area (Å²) in [5.41, 5.74) is 6.13. The Morgan fingerprint density at radius 3 is 2.74 bits per heavy atom. The molecule has 7 nitrogen and oxygen atoms in total. The second-order valence-corrected chi connectivity index (χ2v) is 5.03. The Morgan fingerprint density at radius 1 is 1.42 bits per heavy atom. The van der Waals surface area contributed by atoms with Crippen molar-refractivity contribution >= 4 is 17.8 Å². The molecule has 2 amide bonds. The van der Waals surface area contributed by atoms with Crippen molar-refractivity contribution in [2.45, 2.75) is 32.9 Å². The van der Waals surface area contributed by atoms with Gasteiger partial charge in [0, 0.05) is 12.2 Å². The van der Waals surface area contributed by atoms with E-state index in [9.17, 15) is 9.59 Å². The van der Waals surface area contributed by atoms with Crippen molar-refractivity contribution in [3.05, 3.63) is 17.5 Å². The summed E-state index contributed by atoms with van der Waals surface area (Å²) >= 11 is 0. The van der Waals surface area contributed by atoms with Crippen LogP contribution in [0.25, 0.3) is 0 Å². The third-order valence-electron chi connectivity index (χ3n) is 3.13. The van der Waals surface area contributed by atoms with Gasteiger partial charge in [-0.15, -0.1) is 0 Å². The number of nitrogens with two attached hydrogens (primary N) is 1. The van der Waals surface area contributed by atoms with Crippen LogP contribution in [0.3, 0.4) is 0 Å². The minimum Gasteiger partial charge on any atom is -0.325 e.